The number of aliphatic hydroxyl groups excluding tert-OH is 1. The van der Waals surface area contributed by atoms with E-state index in [1.165, 1.54) is 6.07 Å². The summed E-state index contributed by atoms with van der Waals surface area (Å²) in [4.78, 5) is 11.9. The van der Waals surface area contributed by atoms with Crippen molar-refractivity contribution in [2.45, 2.75) is 13.0 Å². The Morgan fingerprint density at radius 3 is 2.78 bits per heavy atom. The van der Waals surface area contributed by atoms with E-state index in [9.17, 15) is 9.18 Å². The molecule has 0 fully saturated rings. The Morgan fingerprint density at radius 1 is 1.30 bits per heavy atom. The number of halogens is 2. The molecule has 0 spiro atoms. The van der Waals surface area contributed by atoms with E-state index in [4.69, 9.17) is 16.7 Å². The molecule has 6 heteroatoms. The number of nitrogens with one attached hydrogen (secondary N) is 2. The van der Waals surface area contributed by atoms with Crippen molar-refractivity contribution in [3.8, 4) is 0 Å². The van der Waals surface area contributed by atoms with E-state index in [2.05, 4.69) is 10.6 Å². The van der Waals surface area contributed by atoms with Crippen LogP contribution in [0.5, 0.6) is 0 Å². The van der Waals surface area contributed by atoms with Gasteiger partial charge in [-0.3, -0.25) is 4.79 Å². The molecule has 23 heavy (non-hydrogen) atoms. The zero-order valence-electron chi connectivity index (χ0n) is 12.6. The summed E-state index contributed by atoms with van der Waals surface area (Å²) in [6, 6.07) is 11.5. The highest BCUT2D eigenvalue weighted by Gasteiger charge is 2.10. The summed E-state index contributed by atoms with van der Waals surface area (Å²) in [6.45, 7) is 2.02. The molecule has 0 aliphatic carbocycles. The lowest BCUT2D eigenvalue weighted by molar-refractivity contribution is 0.0945. The van der Waals surface area contributed by atoms with Gasteiger partial charge in [0.2, 0.25) is 0 Å². The third-order valence-corrected chi connectivity index (χ3v) is 3.64. The van der Waals surface area contributed by atoms with Crippen molar-refractivity contribution in [3.63, 3.8) is 0 Å². The van der Waals surface area contributed by atoms with Crippen LogP contribution >= 0.6 is 11.6 Å². The van der Waals surface area contributed by atoms with Gasteiger partial charge in [-0.2, -0.15) is 0 Å². The maximum atomic E-state index is 13.2. The Balaban J connectivity index is 2.10. The zero-order chi connectivity index (χ0) is 16.8. The molecule has 0 aliphatic heterocycles. The van der Waals surface area contributed by atoms with Crippen molar-refractivity contribution in [1.82, 2.24) is 5.32 Å². The van der Waals surface area contributed by atoms with Gasteiger partial charge in [0.15, 0.2) is 0 Å². The Kier molecular flexibility index (Phi) is 5.96. The number of anilines is 1. The molecule has 1 unspecified atom stereocenters. The molecule has 1 atom stereocenters. The fourth-order valence-electron chi connectivity index (χ4n) is 2.14. The summed E-state index contributed by atoms with van der Waals surface area (Å²) in [6.07, 6.45) is 0. The first-order valence-corrected chi connectivity index (χ1v) is 7.59. The first-order valence-electron chi connectivity index (χ1n) is 7.22. The molecule has 2 rings (SSSR count). The molecule has 3 N–H and O–H groups in total. The Morgan fingerprint density at radius 2 is 2.09 bits per heavy atom. The second kappa shape index (κ2) is 7.94. The van der Waals surface area contributed by atoms with Crippen LogP contribution in [0.1, 0.15) is 28.9 Å². The van der Waals surface area contributed by atoms with Gasteiger partial charge in [0, 0.05) is 23.8 Å². The van der Waals surface area contributed by atoms with Gasteiger partial charge in [0.1, 0.15) is 5.82 Å². The second-order valence-electron chi connectivity index (χ2n) is 5.10. The summed E-state index contributed by atoms with van der Waals surface area (Å²) in [7, 11) is 0. The molecule has 0 bridgehead atoms. The van der Waals surface area contributed by atoms with E-state index in [0.29, 0.717) is 5.56 Å². The van der Waals surface area contributed by atoms with Gasteiger partial charge in [-0.25, -0.2) is 4.39 Å². The average Bonchev–Trinajstić information content (AvgIpc) is 2.55. The summed E-state index contributed by atoms with van der Waals surface area (Å²) < 4.78 is 13.2. The minimum absolute atomic E-state index is 0.0771. The van der Waals surface area contributed by atoms with Crippen LogP contribution in [0.15, 0.2) is 42.5 Å². The SMILES string of the molecule is CC(Nc1cccc(C(=O)NCCO)c1)c1ccc(F)c(Cl)c1. The number of hydrogen-bond acceptors (Lipinski definition) is 3. The van der Waals surface area contributed by atoms with Crippen molar-refractivity contribution in [3.05, 3.63) is 64.4 Å². The Bertz CT molecular complexity index is 694. The van der Waals surface area contributed by atoms with Gasteiger partial charge in [-0.1, -0.05) is 23.7 Å². The molecule has 4 nitrogen and oxygen atoms in total. The number of carbonyl (C=O) groups is 1. The van der Waals surface area contributed by atoms with Gasteiger partial charge in [-0.15, -0.1) is 0 Å². The van der Waals surface area contributed by atoms with E-state index >= 15 is 0 Å². The Hall–Kier alpha value is -2.11. The lowest BCUT2D eigenvalue weighted by Crippen LogP contribution is -2.26. The van der Waals surface area contributed by atoms with Crippen LogP contribution in [0.4, 0.5) is 10.1 Å². The summed E-state index contributed by atoms with van der Waals surface area (Å²) in [5.41, 5.74) is 2.09. The van der Waals surface area contributed by atoms with E-state index in [0.717, 1.165) is 11.3 Å². The summed E-state index contributed by atoms with van der Waals surface area (Å²) in [5.74, 6) is -0.703. The largest absolute Gasteiger partial charge is 0.395 e. The number of benzene rings is 2. The smallest absolute Gasteiger partial charge is 0.251 e. The summed E-state index contributed by atoms with van der Waals surface area (Å²) in [5, 5.41) is 14.7. The van der Waals surface area contributed by atoms with Crippen molar-refractivity contribution in [2.75, 3.05) is 18.5 Å². The quantitative estimate of drug-likeness (QED) is 0.758. The molecule has 0 aromatic heterocycles. The van der Waals surface area contributed by atoms with Crippen molar-refractivity contribution < 1.29 is 14.3 Å². The number of rotatable bonds is 6. The monoisotopic (exact) mass is 336 g/mol. The van der Waals surface area contributed by atoms with E-state index in [-0.39, 0.29) is 30.1 Å². The highest BCUT2D eigenvalue weighted by molar-refractivity contribution is 6.30. The highest BCUT2D eigenvalue weighted by Crippen LogP contribution is 2.24. The van der Waals surface area contributed by atoms with E-state index in [1.54, 1.807) is 30.3 Å². The number of hydrogen-bond donors (Lipinski definition) is 3. The summed E-state index contributed by atoms with van der Waals surface area (Å²) >= 11 is 5.80. The zero-order valence-corrected chi connectivity index (χ0v) is 13.4. The van der Waals surface area contributed by atoms with Gasteiger partial charge < -0.3 is 15.7 Å². The highest BCUT2D eigenvalue weighted by atomic mass is 35.5. The molecule has 2 aromatic rings. The third-order valence-electron chi connectivity index (χ3n) is 3.35. The van der Waals surface area contributed by atoms with Gasteiger partial charge in [0.05, 0.1) is 11.6 Å². The Labute approximate surface area is 139 Å². The van der Waals surface area contributed by atoms with Crippen LogP contribution in [-0.2, 0) is 0 Å². The third kappa shape index (κ3) is 4.68. The molecule has 0 saturated heterocycles. The molecular formula is C17H18ClFN2O2. The lowest BCUT2D eigenvalue weighted by atomic mass is 10.1. The predicted octanol–water partition coefficient (Wildman–Crippen LogP) is 3.37. The molecular weight excluding hydrogens is 319 g/mol. The maximum Gasteiger partial charge on any atom is 0.251 e. The minimum Gasteiger partial charge on any atom is -0.395 e. The molecule has 0 aliphatic rings. The van der Waals surface area contributed by atoms with Crippen LogP contribution in [-0.4, -0.2) is 24.2 Å². The van der Waals surface area contributed by atoms with Crippen molar-refractivity contribution in [2.24, 2.45) is 0 Å². The fraction of sp³-hybridized carbons (Fsp3) is 0.235. The first kappa shape index (κ1) is 17.2. The van der Waals surface area contributed by atoms with Crippen molar-refractivity contribution >= 4 is 23.2 Å². The number of carbonyl (C=O) groups excluding carboxylic acids is 1. The molecule has 1 amide bonds. The number of aliphatic hydroxyl groups is 1. The van der Waals surface area contributed by atoms with Crippen LogP contribution in [0, 0.1) is 5.82 Å². The topological polar surface area (TPSA) is 61.4 Å². The van der Waals surface area contributed by atoms with Crippen LogP contribution < -0.4 is 10.6 Å². The fourth-order valence-corrected chi connectivity index (χ4v) is 2.33. The molecule has 2 aromatic carbocycles. The standard InChI is InChI=1S/C17H18ClFN2O2/c1-11(12-5-6-16(19)15(18)10-12)21-14-4-2-3-13(9-14)17(23)20-7-8-22/h2-6,9-11,21-22H,7-8H2,1H3,(H,20,23). The van der Waals surface area contributed by atoms with E-state index in [1.807, 2.05) is 13.0 Å². The average molecular weight is 337 g/mol. The van der Waals surface area contributed by atoms with Crippen LogP contribution in [0.3, 0.4) is 0 Å². The molecule has 0 saturated carbocycles. The first-order chi connectivity index (χ1) is 11.0. The molecule has 0 heterocycles. The van der Waals surface area contributed by atoms with Crippen LogP contribution in [0.2, 0.25) is 5.02 Å². The maximum absolute atomic E-state index is 13.2. The normalized spacial score (nSPS) is 11.8. The molecule has 0 radical (unpaired) electrons. The van der Waals surface area contributed by atoms with Crippen molar-refractivity contribution in [1.29, 1.82) is 0 Å². The minimum atomic E-state index is -0.454. The van der Waals surface area contributed by atoms with Gasteiger partial charge in [0.25, 0.3) is 5.91 Å². The van der Waals surface area contributed by atoms with Gasteiger partial charge >= 0.3 is 0 Å². The van der Waals surface area contributed by atoms with E-state index < -0.39 is 5.82 Å². The van der Waals surface area contributed by atoms with Gasteiger partial charge in [-0.05, 0) is 42.8 Å². The predicted molar refractivity (Wildman–Crippen MR) is 89.3 cm³/mol. The lowest BCUT2D eigenvalue weighted by Gasteiger charge is -2.17. The number of amides is 1. The molecule has 122 valence electrons. The van der Waals surface area contributed by atoms with Crippen LogP contribution in [0.25, 0.3) is 0 Å². The second-order valence-corrected chi connectivity index (χ2v) is 5.51.